The van der Waals surface area contributed by atoms with Gasteiger partial charge in [-0.15, -0.1) is 0 Å². The second-order valence-corrected chi connectivity index (χ2v) is 31.7. The van der Waals surface area contributed by atoms with Gasteiger partial charge in [-0.25, -0.2) is 29.9 Å². The Morgan fingerprint density at radius 1 is 0.143 bits per heavy atom. The van der Waals surface area contributed by atoms with Crippen molar-refractivity contribution in [2.75, 3.05) is 0 Å². The summed E-state index contributed by atoms with van der Waals surface area (Å²) >= 11 is 0. The smallest absolute Gasteiger partial charge is 0.160 e. The molecule has 0 unspecified atom stereocenters. The van der Waals surface area contributed by atoms with Crippen LogP contribution >= 0.6 is 0 Å². The summed E-state index contributed by atoms with van der Waals surface area (Å²) in [5, 5.41) is 20.2. The molecule has 24 rings (SSSR count). The molecule has 0 amide bonds. The molecule has 0 saturated carbocycles. The summed E-state index contributed by atoms with van der Waals surface area (Å²) < 4.78 is 0. The number of benzene rings is 18. The average molecular weight is 1610 g/mol. The van der Waals surface area contributed by atoms with E-state index in [0.29, 0.717) is 17.5 Å². The molecular weight excluding hydrogens is 1530 g/mol. The summed E-state index contributed by atoms with van der Waals surface area (Å²) in [6, 6.07) is 153. The molecule has 0 atom stereocenters. The van der Waals surface area contributed by atoms with Crippen molar-refractivity contribution in [2.24, 2.45) is 0 Å². The minimum atomic E-state index is 0.696. The molecule has 0 fully saturated rings. The molecule has 0 aliphatic heterocycles. The number of pyridine rings is 3. The predicted molar refractivity (Wildman–Crippen MR) is 522 cm³/mol. The lowest BCUT2D eigenvalue weighted by molar-refractivity contribution is 1.18. The first kappa shape index (κ1) is 75.2. The van der Waals surface area contributed by atoms with E-state index >= 15 is 0 Å². The topological polar surface area (TPSA) is 116 Å². The van der Waals surface area contributed by atoms with E-state index in [1.54, 1.807) is 0 Å². The van der Waals surface area contributed by atoms with Crippen LogP contribution in [0.1, 0.15) is 0 Å². The number of fused-ring (bicyclic) bond motifs is 9. The van der Waals surface area contributed by atoms with Gasteiger partial charge in [-0.2, -0.15) is 0 Å². The van der Waals surface area contributed by atoms with Crippen LogP contribution in [0.2, 0.25) is 0 Å². The van der Waals surface area contributed by atoms with Gasteiger partial charge in [0.05, 0.1) is 51.1 Å². The van der Waals surface area contributed by atoms with Crippen molar-refractivity contribution >= 4 is 97.1 Å². The van der Waals surface area contributed by atoms with Crippen LogP contribution in [-0.2, 0) is 0 Å². The summed E-state index contributed by atoms with van der Waals surface area (Å²) in [7, 11) is 0. The van der Waals surface area contributed by atoms with Gasteiger partial charge in [0, 0.05) is 95.9 Å². The number of hydrogen-bond acceptors (Lipinski definition) is 9. The number of aromatic nitrogens is 9. The van der Waals surface area contributed by atoms with Crippen molar-refractivity contribution < 1.29 is 0 Å². The van der Waals surface area contributed by atoms with Gasteiger partial charge in [-0.1, -0.05) is 358 Å². The van der Waals surface area contributed by atoms with E-state index in [2.05, 4.69) is 417 Å². The highest BCUT2D eigenvalue weighted by atomic mass is 14.9. The summed E-state index contributed by atoms with van der Waals surface area (Å²) in [6.45, 7) is 0. The lowest BCUT2D eigenvalue weighted by Crippen LogP contribution is -1.96. The van der Waals surface area contributed by atoms with E-state index in [4.69, 9.17) is 39.9 Å². The molecule has 0 aliphatic rings. The van der Waals surface area contributed by atoms with Crippen molar-refractivity contribution in [3.05, 3.63) is 455 Å². The van der Waals surface area contributed by atoms with Gasteiger partial charge in [0.25, 0.3) is 0 Å². The lowest BCUT2D eigenvalue weighted by Gasteiger charge is -2.11. The molecular formula is C117H75N9. The number of para-hydroxylation sites is 1. The monoisotopic (exact) mass is 1610 g/mol. The number of rotatable bonds is 12. The van der Waals surface area contributed by atoms with Crippen LogP contribution in [0.3, 0.4) is 0 Å². The summed E-state index contributed by atoms with van der Waals surface area (Å²) in [5.74, 6) is 2.10. The van der Waals surface area contributed by atoms with Crippen LogP contribution in [-0.4, -0.2) is 44.9 Å². The third-order valence-corrected chi connectivity index (χ3v) is 23.7. The standard InChI is InChI=1S/3C39H25N3/c1-3-10-31-23-33(19-13-26(31)7-1)36-25-37(34-20-14-27-8-2-4-11-32(27)24-34)42-39(41-36)30-17-15-29(16-18-30)38-35-12-6-5-9-28(35)21-22-40-38;1-3-9-30-21-33(19-13-26(30)7-1)37-24-38(34-20-14-27-8-2-4-10-31(27)22-34)42-39(41-37)29-17-15-28(16-18-29)36-23-32-11-5-6-12-35(32)25-40-36;1-3-9-30-23-32(19-13-26(30)7-1)37-25-38(33-20-14-27-8-2-4-10-31(27)24-33)42-39(41-37)29-17-15-28(16-18-29)34-21-22-40-36-12-6-5-11-35(34)36/h3*1-25H. The van der Waals surface area contributed by atoms with E-state index in [1.807, 2.05) is 42.9 Å². The Bertz CT molecular complexity index is 7660. The Hall–Kier alpha value is -17.0. The van der Waals surface area contributed by atoms with E-state index < -0.39 is 0 Å². The van der Waals surface area contributed by atoms with Gasteiger partial charge >= 0.3 is 0 Å². The quantitative estimate of drug-likeness (QED) is 0.118. The van der Waals surface area contributed by atoms with E-state index in [0.717, 1.165) is 140 Å². The first-order valence-electron chi connectivity index (χ1n) is 42.3. The number of nitrogens with zero attached hydrogens (tertiary/aromatic N) is 9. The zero-order chi connectivity index (χ0) is 83.6. The highest BCUT2D eigenvalue weighted by Crippen LogP contribution is 2.39. The highest BCUT2D eigenvalue weighted by Gasteiger charge is 2.19. The van der Waals surface area contributed by atoms with Gasteiger partial charge in [-0.3, -0.25) is 15.0 Å². The molecule has 0 aliphatic carbocycles. The maximum atomic E-state index is 5.10. The fraction of sp³-hybridized carbons (Fsp3) is 0. The molecule has 9 heteroatoms. The first-order valence-corrected chi connectivity index (χ1v) is 42.3. The zero-order valence-electron chi connectivity index (χ0n) is 68.3. The average Bonchev–Trinajstić information content (AvgIpc) is 0.785. The van der Waals surface area contributed by atoms with Gasteiger partial charge in [0.15, 0.2) is 17.5 Å². The van der Waals surface area contributed by atoms with Gasteiger partial charge in [0.2, 0.25) is 0 Å². The molecule has 0 N–H and O–H groups in total. The van der Waals surface area contributed by atoms with Crippen molar-refractivity contribution in [1.29, 1.82) is 0 Å². The zero-order valence-corrected chi connectivity index (χ0v) is 68.3. The summed E-state index contributed by atoms with van der Waals surface area (Å²) in [6.07, 6.45) is 5.68. The second kappa shape index (κ2) is 33.2. The Morgan fingerprint density at radius 2 is 0.413 bits per heavy atom. The second-order valence-electron chi connectivity index (χ2n) is 31.7. The molecule has 0 radical (unpaired) electrons. The molecule has 24 aromatic rings. The van der Waals surface area contributed by atoms with Gasteiger partial charge in [-0.05, 0) is 165 Å². The Morgan fingerprint density at radius 3 is 0.778 bits per heavy atom. The predicted octanol–water partition coefficient (Wildman–Crippen LogP) is 30.0. The summed E-state index contributed by atoms with van der Waals surface area (Å²) in [4.78, 5) is 44.5. The maximum Gasteiger partial charge on any atom is 0.160 e. The molecule has 588 valence electrons. The lowest BCUT2D eigenvalue weighted by atomic mass is 9.99. The third-order valence-electron chi connectivity index (χ3n) is 23.7. The van der Waals surface area contributed by atoms with Gasteiger partial charge in [0.1, 0.15) is 0 Å². The first-order chi connectivity index (χ1) is 62.3. The van der Waals surface area contributed by atoms with Crippen LogP contribution in [0.25, 0.3) is 232 Å². The molecule has 0 bridgehead atoms. The van der Waals surface area contributed by atoms with Crippen molar-refractivity contribution in [1.82, 2.24) is 44.9 Å². The summed E-state index contributed by atoms with van der Waals surface area (Å²) in [5.41, 5.74) is 22.0. The molecule has 6 aromatic heterocycles. The minimum absolute atomic E-state index is 0.696. The van der Waals surface area contributed by atoms with Crippen LogP contribution in [0, 0.1) is 0 Å². The normalized spacial score (nSPS) is 11.3. The third kappa shape index (κ3) is 15.4. The van der Waals surface area contributed by atoms with Gasteiger partial charge < -0.3 is 0 Å². The largest absolute Gasteiger partial charge is 0.256 e. The maximum absolute atomic E-state index is 5.10. The Balaban J connectivity index is 0.000000112. The minimum Gasteiger partial charge on any atom is -0.256 e. The van der Waals surface area contributed by atoms with E-state index in [1.165, 1.54) is 75.4 Å². The van der Waals surface area contributed by atoms with Crippen LogP contribution in [0.5, 0.6) is 0 Å². The molecule has 18 aromatic carbocycles. The van der Waals surface area contributed by atoms with Crippen molar-refractivity contribution in [2.45, 2.75) is 0 Å². The van der Waals surface area contributed by atoms with E-state index in [9.17, 15) is 0 Å². The van der Waals surface area contributed by atoms with Crippen LogP contribution in [0.4, 0.5) is 0 Å². The Kier molecular flexibility index (Phi) is 19.8. The van der Waals surface area contributed by atoms with E-state index in [-0.39, 0.29) is 0 Å². The molecule has 9 nitrogen and oxygen atoms in total. The van der Waals surface area contributed by atoms with Crippen molar-refractivity contribution in [3.63, 3.8) is 0 Å². The fourth-order valence-corrected chi connectivity index (χ4v) is 17.0. The van der Waals surface area contributed by atoms with Crippen LogP contribution in [0.15, 0.2) is 455 Å². The molecule has 0 spiro atoms. The highest BCUT2D eigenvalue weighted by molar-refractivity contribution is 5.99. The molecule has 6 heterocycles. The fourth-order valence-electron chi connectivity index (χ4n) is 17.0. The van der Waals surface area contributed by atoms with Crippen molar-refractivity contribution in [3.8, 4) is 135 Å². The molecule has 0 saturated heterocycles. The molecule has 126 heavy (non-hydrogen) atoms. The number of hydrogen-bond donors (Lipinski definition) is 0. The SMILES string of the molecule is c1ccc2cc(-c3cc(-c4ccc5ccccc5c4)nc(-c4ccc(-c5cc6ccccc6cn5)cc4)n3)ccc2c1.c1ccc2cc(-c3cc(-c4ccc5ccccc5c4)nc(-c4ccc(-c5ccnc6ccccc56)cc4)n3)ccc2c1.c1ccc2cc(-c3cc(-c4ccc5ccccc5c4)nc(-c4ccc(-c5nccc6ccccc56)cc4)n3)ccc2c1. The van der Waals surface area contributed by atoms with Crippen LogP contribution < -0.4 is 0 Å². The Labute approximate surface area is 727 Å².